The molecule has 1 aromatic rings. The Bertz CT molecular complexity index is 1190. The first-order valence-electron chi connectivity index (χ1n) is 18.6. The summed E-state index contributed by atoms with van der Waals surface area (Å²) >= 11 is 0. The number of piperidine rings is 2. The molecule has 2 heterocycles. The molecule has 0 bridgehead atoms. The van der Waals surface area contributed by atoms with E-state index in [1.807, 2.05) is 0 Å². The van der Waals surface area contributed by atoms with Crippen LogP contribution in [0.1, 0.15) is 165 Å². The molecule has 48 heavy (non-hydrogen) atoms. The number of hydrogen-bond acceptors (Lipinski definition) is 6. The van der Waals surface area contributed by atoms with E-state index in [0.717, 1.165) is 18.4 Å². The van der Waals surface area contributed by atoms with Gasteiger partial charge >= 0.3 is 11.9 Å². The SMILES string of the molecule is CCCCC(Cc1cc(C(C)(C)C)cc(C(C)(C)C)c1)(C(=O)OC1CC(C)(C)N(C)C(C)(C)C1)C(=O)OC1CC(C)(C)N(C)C(C)(C)C1. The lowest BCUT2D eigenvalue weighted by Crippen LogP contribution is -2.61. The number of carbonyl (C=O) groups excluding carboxylic acids is 2. The monoisotopic (exact) mass is 669 g/mol. The maximum absolute atomic E-state index is 15.0. The van der Waals surface area contributed by atoms with E-state index >= 15 is 0 Å². The zero-order chi connectivity index (χ0) is 36.9. The predicted octanol–water partition coefficient (Wildman–Crippen LogP) is 9.39. The molecule has 0 unspecified atom stereocenters. The summed E-state index contributed by atoms with van der Waals surface area (Å²) in [6, 6.07) is 6.71. The van der Waals surface area contributed by atoms with Crippen LogP contribution in [0.3, 0.4) is 0 Å². The van der Waals surface area contributed by atoms with E-state index in [4.69, 9.17) is 9.47 Å². The Morgan fingerprint density at radius 3 is 1.29 bits per heavy atom. The summed E-state index contributed by atoms with van der Waals surface area (Å²) in [5.41, 5.74) is 1.12. The molecule has 0 aliphatic carbocycles. The smallest absolute Gasteiger partial charge is 0.324 e. The van der Waals surface area contributed by atoms with Gasteiger partial charge in [0.1, 0.15) is 12.2 Å². The van der Waals surface area contributed by atoms with Gasteiger partial charge in [0, 0.05) is 47.8 Å². The molecular formula is C42H72N2O4. The molecule has 2 fully saturated rings. The predicted molar refractivity (Wildman–Crippen MR) is 200 cm³/mol. The quantitative estimate of drug-likeness (QED) is 0.193. The first kappa shape index (κ1) is 40.5. The highest BCUT2D eigenvalue weighted by atomic mass is 16.6. The molecule has 2 saturated heterocycles. The van der Waals surface area contributed by atoms with Crippen LogP contribution in [0.2, 0.25) is 0 Å². The molecule has 0 radical (unpaired) electrons. The molecule has 6 heteroatoms. The van der Waals surface area contributed by atoms with Crippen LogP contribution in [0, 0.1) is 5.41 Å². The largest absolute Gasteiger partial charge is 0.461 e. The molecular weight excluding hydrogens is 596 g/mol. The van der Waals surface area contributed by atoms with Crippen LogP contribution in [-0.2, 0) is 36.3 Å². The van der Waals surface area contributed by atoms with E-state index in [-0.39, 0.29) is 51.6 Å². The Balaban J connectivity index is 2.17. The van der Waals surface area contributed by atoms with Gasteiger partial charge in [-0.2, -0.15) is 0 Å². The summed E-state index contributed by atoms with van der Waals surface area (Å²) in [7, 11) is 4.31. The van der Waals surface area contributed by atoms with Crippen LogP contribution in [0.5, 0.6) is 0 Å². The number of nitrogens with zero attached hydrogens (tertiary/aromatic N) is 2. The van der Waals surface area contributed by atoms with Crippen LogP contribution >= 0.6 is 0 Å². The molecule has 0 atom stereocenters. The van der Waals surface area contributed by atoms with Gasteiger partial charge in [-0.1, -0.05) is 79.5 Å². The number of esters is 2. The summed E-state index contributed by atoms with van der Waals surface area (Å²) in [5, 5.41) is 0. The Morgan fingerprint density at radius 1 is 0.667 bits per heavy atom. The number of carbonyl (C=O) groups is 2. The van der Waals surface area contributed by atoms with Crippen LogP contribution in [0.15, 0.2) is 18.2 Å². The van der Waals surface area contributed by atoms with Gasteiger partial charge in [-0.3, -0.25) is 19.4 Å². The minimum absolute atomic E-state index is 0.0975. The van der Waals surface area contributed by atoms with E-state index in [9.17, 15) is 9.59 Å². The van der Waals surface area contributed by atoms with Gasteiger partial charge in [0.25, 0.3) is 0 Å². The van der Waals surface area contributed by atoms with Crippen molar-refractivity contribution in [1.82, 2.24) is 9.80 Å². The lowest BCUT2D eigenvalue weighted by Gasteiger charge is -2.53. The van der Waals surface area contributed by atoms with E-state index in [1.165, 1.54) is 11.1 Å². The van der Waals surface area contributed by atoms with E-state index in [1.54, 1.807) is 0 Å². The highest BCUT2D eigenvalue weighted by Gasteiger charge is 2.53. The van der Waals surface area contributed by atoms with E-state index in [2.05, 4.69) is 146 Å². The van der Waals surface area contributed by atoms with E-state index in [0.29, 0.717) is 32.1 Å². The third-order valence-corrected chi connectivity index (χ3v) is 12.1. The molecule has 6 nitrogen and oxygen atoms in total. The average molecular weight is 669 g/mol. The topological polar surface area (TPSA) is 59.1 Å². The molecule has 0 saturated carbocycles. The molecule has 274 valence electrons. The van der Waals surface area contributed by atoms with Gasteiger partial charge in [-0.15, -0.1) is 0 Å². The number of ether oxygens (including phenoxy) is 2. The maximum atomic E-state index is 15.0. The van der Waals surface area contributed by atoms with Gasteiger partial charge in [-0.25, -0.2) is 0 Å². The van der Waals surface area contributed by atoms with Crippen molar-refractivity contribution in [3.8, 4) is 0 Å². The first-order valence-corrected chi connectivity index (χ1v) is 18.6. The van der Waals surface area contributed by atoms with Gasteiger partial charge in [0.05, 0.1) is 0 Å². The number of hydrogen-bond donors (Lipinski definition) is 0. The summed E-state index contributed by atoms with van der Waals surface area (Å²) < 4.78 is 13.2. The summed E-state index contributed by atoms with van der Waals surface area (Å²) in [6.45, 7) is 33.1. The normalized spacial score (nSPS) is 22.4. The second kappa shape index (κ2) is 13.7. The molecule has 0 N–H and O–H groups in total. The Morgan fingerprint density at radius 2 is 1.00 bits per heavy atom. The van der Waals surface area contributed by atoms with Crippen LogP contribution in [0.25, 0.3) is 0 Å². The number of unbranched alkanes of at least 4 members (excludes halogenated alkanes) is 1. The maximum Gasteiger partial charge on any atom is 0.324 e. The fraction of sp³-hybridized carbons (Fsp3) is 0.810. The fourth-order valence-electron chi connectivity index (χ4n) is 8.26. The van der Waals surface area contributed by atoms with Crippen molar-refractivity contribution in [3.05, 3.63) is 34.9 Å². The van der Waals surface area contributed by atoms with Gasteiger partial charge < -0.3 is 9.47 Å². The minimum Gasteiger partial charge on any atom is -0.461 e. The van der Waals surface area contributed by atoms with Crippen molar-refractivity contribution in [1.29, 1.82) is 0 Å². The zero-order valence-corrected chi connectivity index (χ0v) is 34.1. The lowest BCUT2D eigenvalue weighted by molar-refractivity contribution is -0.188. The Hall–Kier alpha value is -1.92. The molecule has 1 aromatic carbocycles. The Kier molecular flexibility index (Phi) is 11.5. The van der Waals surface area contributed by atoms with Gasteiger partial charge in [0.15, 0.2) is 5.41 Å². The second-order valence-corrected chi connectivity index (χ2v) is 20.0. The third kappa shape index (κ3) is 8.86. The van der Waals surface area contributed by atoms with Crippen LogP contribution in [0.4, 0.5) is 0 Å². The van der Waals surface area contributed by atoms with Crippen molar-refractivity contribution in [2.75, 3.05) is 14.1 Å². The minimum atomic E-state index is -1.45. The van der Waals surface area contributed by atoms with Crippen molar-refractivity contribution < 1.29 is 19.1 Å². The van der Waals surface area contributed by atoms with Crippen LogP contribution < -0.4 is 0 Å². The summed E-state index contributed by atoms with van der Waals surface area (Å²) in [6.07, 6.45) is 4.50. The third-order valence-electron chi connectivity index (χ3n) is 12.1. The average Bonchev–Trinajstić information content (AvgIpc) is 2.90. The Labute approximate surface area is 295 Å². The standard InChI is InChI=1S/C42H72N2O4/c1-18-19-20-42(34(45)47-32-25-38(8,9)43(16)39(10,11)26-32,35(46)48-33-27-40(12,13)44(17)41(14,15)28-33)24-29-21-30(36(2,3)4)23-31(22-29)37(5,6)7/h21-23,32-33H,18-20,24-28H2,1-17H3. The second-order valence-electron chi connectivity index (χ2n) is 20.0. The number of rotatable bonds is 9. The zero-order valence-electron chi connectivity index (χ0n) is 34.1. The van der Waals surface area contributed by atoms with E-state index < -0.39 is 17.4 Å². The number of likely N-dealkylation sites (tertiary alicyclic amines) is 2. The molecule has 2 aliphatic heterocycles. The fourth-order valence-corrected chi connectivity index (χ4v) is 8.26. The van der Waals surface area contributed by atoms with Crippen molar-refractivity contribution >= 4 is 11.9 Å². The lowest BCUT2D eigenvalue weighted by atomic mass is 9.73. The molecule has 3 rings (SSSR count). The van der Waals surface area contributed by atoms with Crippen molar-refractivity contribution in [2.24, 2.45) is 5.41 Å². The van der Waals surface area contributed by atoms with Crippen molar-refractivity contribution in [2.45, 2.75) is 200 Å². The molecule has 0 amide bonds. The highest BCUT2D eigenvalue weighted by molar-refractivity contribution is 6.00. The van der Waals surface area contributed by atoms with Crippen LogP contribution in [-0.4, -0.2) is 70.2 Å². The molecule has 0 aromatic heterocycles. The van der Waals surface area contributed by atoms with Crippen molar-refractivity contribution in [3.63, 3.8) is 0 Å². The first-order chi connectivity index (χ1) is 21.6. The summed E-state index contributed by atoms with van der Waals surface area (Å²) in [4.78, 5) is 34.7. The van der Waals surface area contributed by atoms with Gasteiger partial charge in [-0.05, 0) is 110 Å². The highest BCUT2D eigenvalue weighted by Crippen LogP contribution is 2.43. The summed E-state index contributed by atoms with van der Waals surface area (Å²) in [5.74, 6) is -0.848. The molecule has 0 spiro atoms. The molecule has 2 aliphatic rings. The van der Waals surface area contributed by atoms with Gasteiger partial charge in [0.2, 0.25) is 0 Å². The number of benzene rings is 1.